The number of aliphatic carboxylic acids is 1. The molecule has 13 nitrogen and oxygen atoms in total. The first kappa shape index (κ1) is 38.2. The number of β-lactam (4-membered cyclic amide) rings is 1. The Hall–Kier alpha value is -6.71. The second kappa shape index (κ2) is 16.0. The number of aromatic hydroxyl groups is 1. The number of hydrogen-bond acceptors (Lipinski definition) is 11. The summed E-state index contributed by atoms with van der Waals surface area (Å²) >= 11 is 2.37. The van der Waals surface area contributed by atoms with Crippen LogP contribution in [0.5, 0.6) is 5.75 Å². The summed E-state index contributed by atoms with van der Waals surface area (Å²) in [4.78, 5) is 66.4. The van der Waals surface area contributed by atoms with Crippen LogP contribution in [0.15, 0.2) is 148 Å². The molecule has 2 atom stereocenters. The number of benzene rings is 4. The van der Waals surface area contributed by atoms with Crippen molar-refractivity contribution in [2.24, 2.45) is 5.16 Å². The van der Waals surface area contributed by atoms with Crippen LogP contribution in [0.3, 0.4) is 0 Å². The van der Waals surface area contributed by atoms with Crippen LogP contribution in [0.4, 0.5) is 5.13 Å². The number of nitrogens with two attached hydrogens (primary N) is 1. The summed E-state index contributed by atoms with van der Waals surface area (Å²) in [5.41, 5.74) is 8.40. The Labute approximate surface area is 340 Å². The summed E-state index contributed by atoms with van der Waals surface area (Å²) in [6.45, 7) is 0.390. The molecule has 5 aromatic rings. The van der Waals surface area contributed by atoms with Gasteiger partial charge in [-0.25, -0.2) is 9.78 Å². The normalized spacial score (nSPS) is 18.9. The highest BCUT2D eigenvalue weighted by atomic mass is 32.2. The molecule has 2 saturated heterocycles. The number of carbonyl (C=O) groups excluding carboxylic acids is 3. The molecule has 6 N–H and O–H groups in total. The summed E-state index contributed by atoms with van der Waals surface area (Å²) in [7, 11) is 0. The molecule has 4 heterocycles. The molecule has 4 aromatic carbocycles. The number of aromatic nitrogens is 1. The van der Waals surface area contributed by atoms with Gasteiger partial charge < -0.3 is 31.4 Å². The van der Waals surface area contributed by atoms with E-state index in [1.807, 2.05) is 91.0 Å². The third-order valence-electron chi connectivity index (χ3n) is 10.2. The number of nitrogens with one attached hydrogen (secondary N) is 2. The maximum atomic E-state index is 14.4. The molecule has 0 bridgehead atoms. The van der Waals surface area contributed by atoms with Gasteiger partial charge in [-0.15, -0.1) is 23.1 Å². The number of phenolic OH excluding ortho intramolecular Hbond substituents is 1. The second-order valence-electron chi connectivity index (χ2n) is 13.7. The number of anilines is 1. The minimum atomic E-state index is -1.35. The number of nitrogen functional groups attached to an aromatic ring is 1. The van der Waals surface area contributed by atoms with Crippen LogP contribution in [0, 0.1) is 0 Å². The molecule has 0 unspecified atom stereocenters. The highest BCUT2D eigenvalue weighted by Crippen LogP contribution is 2.44. The van der Waals surface area contributed by atoms with Crippen LogP contribution >= 0.6 is 23.1 Å². The Morgan fingerprint density at radius 3 is 2.12 bits per heavy atom. The number of phenols is 1. The lowest BCUT2D eigenvalue weighted by molar-refractivity contribution is -0.150. The molecule has 0 radical (unpaired) electrons. The molecule has 15 heteroatoms. The van der Waals surface area contributed by atoms with E-state index in [9.17, 15) is 29.4 Å². The Bertz CT molecular complexity index is 2410. The fourth-order valence-electron chi connectivity index (χ4n) is 7.53. The van der Waals surface area contributed by atoms with Crippen LogP contribution in [0.2, 0.25) is 0 Å². The third kappa shape index (κ3) is 7.09. The number of hydrogen-bond donors (Lipinski definition) is 5. The van der Waals surface area contributed by atoms with E-state index in [1.165, 1.54) is 17.8 Å². The van der Waals surface area contributed by atoms with E-state index in [4.69, 9.17) is 10.6 Å². The minimum Gasteiger partial charge on any atom is -0.508 e. The standard InChI is InChI=1S/C43H36N6O7S2/c44-42-46-33(24-58-42)34(48-56-43(26-12-4-1-5-13-26,27-14-6-2-7-15-27)28-16-8-3-9-17-28)38(52)47-35-39(53)49-36(41(54)55)32(23-57-40(35)49)31(30-19-20-45-37(30)51)22-25-11-10-18-29(50)21-25/h1-18,21,24,35,40,50H,19-20,22-23H2,(H2,44,46)(H,45,51)(H,47,52)(H,54,55)/t35-,40-/m1/s1. The van der Waals surface area contributed by atoms with Crippen molar-refractivity contribution in [1.82, 2.24) is 20.5 Å². The van der Waals surface area contributed by atoms with Crippen molar-refractivity contribution < 1.29 is 34.2 Å². The van der Waals surface area contributed by atoms with E-state index in [1.54, 1.807) is 23.6 Å². The average molecular weight is 813 g/mol. The summed E-state index contributed by atoms with van der Waals surface area (Å²) in [6.07, 6.45) is 0.527. The Morgan fingerprint density at radius 1 is 0.948 bits per heavy atom. The number of thioether (sulfide) groups is 1. The molecule has 0 saturated carbocycles. The van der Waals surface area contributed by atoms with Crippen LogP contribution < -0.4 is 16.4 Å². The summed E-state index contributed by atoms with van der Waals surface area (Å²) in [5, 5.41) is 31.8. The molecular weight excluding hydrogens is 777 g/mol. The monoisotopic (exact) mass is 812 g/mol. The fourth-order valence-corrected chi connectivity index (χ4v) is 9.46. The average Bonchev–Trinajstić information content (AvgIpc) is 3.88. The first-order valence-electron chi connectivity index (χ1n) is 18.3. The quantitative estimate of drug-likeness (QED) is 0.0379. The number of carboxylic acid groups (broad SMARTS) is 1. The van der Waals surface area contributed by atoms with Crippen molar-refractivity contribution in [1.29, 1.82) is 0 Å². The van der Waals surface area contributed by atoms with E-state index in [-0.39, 0.29) is 46.1 Å². The third-order valence-corrected chi connectivity index (χ3v) is 12.2. The number of nitrogens with zero attached hydrogens (tertiary/aromatic N) is 3. The maximum Gasteiger partial charge on any atom is 0.352 e. The van der Waals surface area contributed by atoms with Gasteiger partial charge in [0.15, 0.2) is 10.8 Å². The van der Waals surface area contributed by atoms with Crippen LogP contribution in [-0.4, -0.2) is 73.2 Å². The van der Waals surface area contributed by atoms with Gasteiger partial charge in [0.25, 0.3) is 11.8 Å². The molecular formula is C43H36N6O7S2. The summed E-state index contributed by atoms with van der Waals surface area (Å²) < 4.78 is 0. The molecule has 292 valence electrons. The number of allylic oxidation sites excluding steroid dienone is 1. The predicted molar refractivity (Wildman–Crippen MR) is 220 cm³/mol. The Kier molecular flexibility index (Phi) is 10.6. The van der Waals surface area contributed by atoms with E-state index >= 15 is 0 Å². The van der Waals surface area contributed by atoms with Gasteiger partial charge in [0.2, 0.25) is 11.5 Å². The van der Waals surface area contributed by atoms with Gasteiger partial charge in [0.1, 0.15) is 28.6 Å². The number of amides is 3. The van der Waals surface area contributed by atoms with Crippen LogP contribution in [0.25, 0.3) is 0 Å². The number of carbonyl (C=O) groups is 4. The van der Waals surface area contributed by atoms with Crippen molar-refractivity contribution in [3.05, 3.63) is 171 Å². The minimum absolute atomic E-state index is 0.0271. The lowest BCUT2D eigenvalue weighted by atomic mass is 9.80. The molecule has 3 amide bonds. The molecule has 1 aromatic heterocycles. The summed E-state index contributed by atoms with van der Waals surface area (Å²) in [5.74, 6) is -2.94. The SMILES string of the molecule is Nc1nc(C(=NOC(c2ccccc2)(c2ccccc2)c2ccccc2)C(=O)N[C@@H]2C(=O)N3C(C(=O)O)=C(C(Cc4cccc(O)c4)=C4CCNC4=O)CS[C@H]23)cs1. The number of rotatable bonds is 12. The molecule has 58 heavy (non-hydrogen) atoms. The highest BCUT2D eigenvalue weighted by molar-refractivity contribution is 8.00. The Morgan fingerprint density at radius 2 is 1.59 bits per heavy atom. The van der Waals surface area contributed by atoms with Crippen molar-refractivity contribution >= 4 is 57.6 Å². The van der Waals surface area contributed by atoms with E-state index in [0.717, 1.165) is 32.9 Å². The van der Waals surface area contributed by atoms with Gasteiger partial charge in [0, 0.05) is 39.9 Å². The number of fused-ring (bicyclic) bond motifs is 1. The zero-order valence-corrected chi connectivity index (χ0v) is 32.3. The molecule has 0 spiro atoms. The molecule has 2 fully saturated rings. The second-order valence-corrected chi connectivity index (χ2v) is 15.7. The lowest BCUT2D eigenvalue weighted by Crippen LogP contribution is -2.71. The molecule has 0 aliphatic carbocycles. The van der Waals surface area contributed by atoms with Gasteiger partial charge in [-0.1, -0.05) is 108 Å². The van der Waals surface area contributed by atoms with E-state index in [0.29, 0.717) is 35.2 Å². The zero-order valence-electron chi connectivity index (χ0n) is 30.7. The van der Waals surface area contributed by atoms with Gasteiger partial charge >= 0.3 is 5.97 Å². The first-order chi connectivity index (χ1) is 28.2. The lowest BCUT2D eigenvalue weighted by Gasteiger charge is -2.49. The predicted octanol–water partition coefficient (Wildman–Crippen LogP) is 4.94. The summed E-state index contributed by atoms with van der Waals surface area (Å²) in [6, 6.07) is 33.8. The zero-order chi connectivity index (χ0) is 40.4. The fraction of sp³-hybridized carbons (Fsp3) is 0.163. The largest absolute Gasteiger partial charge is 0.508 e. The van der Waals surface area contributed by atoms with E-state index < -0.39 is 34.8 Å². The van der Waals surface area contributed by atoms with Crippen molar-refractivity contribution in [2.45, 2.75) is 29.9 Å². The number of thiazole rings is 1. The number of carboxylic acids is 1. The van der Waals surface area contributed by atoms with Gasteiger partial charge in [-0.05, 0) is 41.7 Å². The van der Waals surface area contributed by atoms with Crippen LogP contribution in [0.1, 0.15) is 34.4 Å². The number of oxime groups is 1. The highest BCUT2D eigenvalue weighted by Gasteiger charge is 2.55. The molecule has 3 aliphatic rings. The molecule has 3 aliphatic heterocycles. The van der Waals surface area contributed by atoms with Gasteiger partial charge in [-0.2, -0.15) is 0 Å². The first-order valence-corrected chi connectivity index (χ1v) is 20.2. The van der Waals surface area contributed by atoms with Crippen molar-refractivity contribution in [2.75, 3.05) is 18.0 Å². The smallest absolute Gasteiger partial charge is 0.352 e. The van der Waals surface area contributed by atoms with Crippen LogP contribution in [-0.2, 0) is 36.0 Å². The maximum absolute atomic E-state index is 14.4. The van der Waals surface area contributed by atoms with Crippen molar-refractivity contribution in [3.63, 3.8) is 0 Å². The van der Waals surface area contributed by atoms with Gasteiger partial charge in [0.05, 0.1) is 0 Å². The topological polar surface area (TPSA) is 197 Å². The van der Waals surface area contributed by atoms with Crippen molar-refractivity contribution in [3.8, 4) is 5.75 Å². The molecule has 8 rings (SSSR count). The van der Waals surface area contributed by atoms with E-state index in [2.05, 4.69) is 20.8 Å². The Balaban J connectivity index is 1.14. The van der Waals surface area contributed by atoms with Gasteiger partial charge in [-0.3, -0.25) is 19.3 Å².